The third kappa shape index (κ3) is 2.20. The average Bonchev–Trinajstić information content (AvgIpc) is 3.29. The molecule has 0 saturated heterocycles. The summed E-state index contributed by atoms with van der Waals surface area (Å²) in [4.78, 5) is 12.8. The van der Waals surface area contributed by atoms with E-state index in [4.69, 9.17) is 4.74 Å². The maximum absolute atomic E-state index is 12.8. The van der Waals surface area contributed by atoms with Gasteiger partial charge in [-0.05, 0) is 47.8 Å². The van der Waals surface area contributed by atoms with E-state index in [0.717, 1.165) is 19.3 Å². The Kier molecular flexibility index (Phi) is 3.71. The number of rotatable bonds is 4. The van der Waals surface area contributed by atoms with Gasteiger partial charge in [0.2, 0.25) is 0 Å². The van der Waals surface area contributed by atoms with E-state index in [2.05, 4.69) is 55.5 Å². The Hall–Kier alpha value is -2.09. The van der Waals surface area contributed by atoms with Gasteiger partial charge in [-0.2, -0.15) is 0 Å². The molecular weight excluding hydrogens is 296 g/mol. The van der Waals surface area contributed by atoms with Crippen molar-refractivity contribution < 1.29 is 9.53 Å². The number of esters is 1. The minimum absolute atomic E-state index is 0.0164. The van der Waals surface area contributed by atoms with Crippen LogP contribution in [-0.2, 0) is 16.0 Å². The van der Waals surface area contributed by atoms with Crippen LogP contribution in [0.4, 0.5) is 0 Å². The van der Waals surface area contributed by atoms with E-state index in [1.807, 2.05) is 6.07 Å². The summed E-state index contributed by atoms with van der Waals surface area (Å²) in [6.07, 6.45) is 2.89. The van der Waals surface area contributed by atoms with E-state index < -0.39 is 0 Å². The Morgan fingerprint density at radius 2 is 1.75 bits per heavy atom. The van der Waals surface area contributed by atoms with Crippen LogP contribution in [0.3, 0.4) is 0 Å². The highest BCUT2D eigenvalue weighted by Crippen LogP contribution is 2.73. The van der Waals surface area contributed by atoms with Gasteiger partial charge in [-0.1, -0.05) is 61.5 Å². The first-order chi connectivity index (χ1) is 11.7. The van der Waals surface area contributed by atoms with E-state index in [1.165, 1.54) is 23.8 Å². The first-order valence-electron chi connectivity index (χ1n) is 8.89. The molecule has 0 heterocycles. The van der Waals surface area contributed by atoms with Crippen LogP contribution in [0.2, 0.25) is 0 Å². The Morgan fingerprint density at radius 1 is 1.08 bits per heavy atom. The van der Waals surface area contributed by atoms with Crippen LogP contribution in [0, 0.1) is 11.3 Å². The third-order valence-corrected chi connectivity index (χ3v) is 6.21. The van der Waals surface area contributed by atoms with Crippen molar-refractivity contribution >= 4 is 5.97 Å². The largest absolute Gasteiger partial charge is 0.469 e. The fraction of sp³-hybridized carbons (Fsp3) is 0.409. The maximum atomic E-state index is 12.8. The van der Waals surface area contributed by atoms with Gasteiger partial charge in [-0.3, -0.25) is 4.79 Å². The first-order valence-corrected chi connectivity index (χ1v) is 8.89. The van der Waals surface area contributed by atoms with Gasteiger partial charge in [0.15, 0.2) is 0 Å². The molecule has 2 aromatic rings. The molecule has 2 aliphatic carbocycles. The second-order valence-electron chi connectivity index (χ2n) is 7.37. The number of carbonyl (C=O) groups is 1. The number of benzene rings is 2. The number of methoxy groups -OCH3 is 1. The van der Waals surface area contributed by atoms with Gasteiger partial charge in [-0.15, -0.1) is 0 Å². The monoisotopic (exact) mass is 320 g/mol. The molecule has 0 aliphatic heterocycles. The Bertz CT molecular complexity index is 752. The molecule has 0 amide bonds. The third-order valence-electron chi connectivity index (χ3n) is 6.21. The highest BCUT2D eigenvalue weighted by molar-refractivity contribution is 5.84. The van der Waals surface area contributed by atoms with Gasteiger partial charge in [0.1, 0.15) is 0 Å². The average molecular weight is 320 g/mol. The zero-order chi connectivity index (χ0) is 16.7. The summed E-state index contributed by atoms with van der Waals surface area (Å²) in [5.41, 5.74) is 3.76. The summed E-state index contributed by atoms with van der Waals surface area (Å²) in [6.45, 7) is 2.28. The number of hydrogen-bond donors (Lipinski definition) is 0. The number of fused-ring (bicyclic) bond motifs is 3. The summed E-state index contributed by atoms with van der Waals surface area (Å²) >= 11 is 0. The summed E-state index contributed by atoms with van der Waals surface area (Å²) in [7, 11) is 1.53. The molecule has 0 aromatic heterocycles. The highest BCUT2D eigenvalue weighted by Gasteiger charge is 2.71. The molecule has 124 valence electrons. The van der Waals surface area contributed by atoms with Crippen LogP contribution >= 0.6 is 0 Å². The molecule has 0 bridgehead atoms. The van der Waals surface area contributed by atoms with Crippen molar-refractivity contribution in [3.8, 4) is 0 Å². The van der Waals surface area contributed by atoms with E-state index in [0.29, 0.717) is 17.8 Å². The van der Waals surface area contributed by atoms with Crippen LogP contribution in [0.1, 0.15) is 48.3 Å². The van der Waals surface area contributed by atoms with Gasteiger partial charge in [0.25, 0.3) is 0 Å². The molecule has 4 rings (SSSR count). The molecule has 0 radical (unpaired) electrons. The molecule has 2 nitrogen and oxygen atoms in total. The zero-order valence-corrected chi connectivity index (χ0v) is 14.4. The summed E-state index contributed by atoms with van der Waals surface area (Å²) in [5, 5.41) is 0. The lowest BCUT2D eigenvalue weighted by molar-refractivity contribution is -0.148. The maximum Gasteiger partial charge on any atom is 0.312 e. The molecule has 1 saturated carbocycles. The molecular formula is C22H24O2. The van der Waals surface area contributed by atoms with Crippen molar-refractivity contribution in [2.24, 2.45) is 11.3 Å². The van der Waals surface area contributed by atoms with Crippen LogP contribution in [0.15, 0.2) is 54.6 Å². The van der Waals surface area contributed by atoms with Gasteiger partial charge >= 0.3 is 5.97 Å². The van der Waals surface area contributed by atoms with Crippen LogP contribution in [0.25, 0.3) is 0 Å². The quantitative estimate of drug-likeness (QED) is 0.763. The number of hydrogen-bond acceptors (Lipinski definition) is 2. The van der Waals surface area contributed by atoms with E-state index in [9.17, 15) is 4.79 Å². The standard InChI is InChI=1S/C22H24O2/c1-15-14-19-20(18-11-7-6-10-17(15)18)22(19,21(23)24-2)13-12-16-8-4-3-5-9-16/h3-11,15,19-20H,12-14H2,1-2H3/t15-,19-,20+,22+/m0/s1. The summed E-state index contributed by atoms with van der Waals surface area (Å²) in [5.74, 6) is 1.27. The normalized spacial score (nSPS) is 30.2. The van der Waals surface area contributed by atoms with Crippen molar-refractivity contribution in [3.05, 3.63) is 71.3 Å². The SMILES string of the molecule is COC(=O)[C@@]1(CCc2ccccc2)[C@@H]2c3ccccc3[C@@H](C)C[C@@H]21. The summed E-state index contributed by atoms with van der Waals surface area (Å²) < 4.78 is 5.27. The van der Waals surface area contributed by atoms with Gasteiger partial charge in [0.05, 0.1) is 12.5 Å². The van der Waals surface area contributed by atoms with Crippen molar-refractivity contribution in [2.45, 2.75) is 38.0 Å². The van der Waals surface area contributed by atoms with Crippen molar-refractivity contribution in [2.75, 3.05) is 7.11 Å². The predicted molar refractivity (Wildman–Crippen MR) is 94.9 cm³/mol. The molecule has 2 aliphatic rings. The Labute approximate surface area is 143 Å². The van der Waals surface area contributed by atoms with E-state index >= 15 is 0 Å². The van der Waals surface area contributed by atoms with Crippen LogP contribution in [0.5, 0.6) is 0 Å². The molecule has 0 unspecified atom stereocenters. The second kappa shape index (κ2) is 5.77. The highest BCUT2D eigenvalue weighted by atomic mass is 16.5. The van der Waals surface area contributed by atoms with Gasteiger partial charge in [0, 0.05) is 5.92 Å². The molecule has 2 heteroatoms. The minimum atomic E-state index is -0.328. The fourth-order valence-corrected chi connectivity index (χ4v) is 5.02. The van der Waals surface area contributed by atoms with Crippen molar-refractivity contribution in [1.82, 2.24) is 0 Å². The predicted octanol–water partition coefficient (Wildman–Crippen LogP) is 4.70. The van der Waals surface area contributed by atoms with Crippen molar-refractivity contribution in [1.29, 1.82) is 0 Å². The number of ether oxygens (including phenoxy) is 1. The molecule has 24 heavy (non-hydrogen) atoms. The van der Waals surface area contributed by atoms with Gasteiger partial charge in [-0.25, -0.2) is 0 Å². The lowest BCUT2D eigenvalue weighted by Gasteiger charge is -2.20. The topological polar surface area (TPSA) is 26.3 Å². The van der Waals surface area contributed by atoms with E-state index in [-0.39, 0.29) is 11.4 Å². The lowest BCUT2D eigenvalue weighted by atomic mass is 9.84. The molecule has 1 fully saturated rings. The molecule has 4 atom stereocenters. The van der Waals surface area contributed by atoms with Crippen molar-refractivity contribution in [3.63, 3.8) is 0 Å². The fourth-order valence-electron chi connectivity index (χ4n) is 5.02. The lowest BCUT2D eigenvalue weighted by Crippen LogP contribution is -2.22. The Balaban J connectivity index is 1.67. The van der Waals surface area contributed by atoms with E-state index in [1.54, 1.807) is 0 Å². The number of carbonyl (C=O) groups excluding carboxylic acids is 1. The summed E-state index contributed by atoms with van der Waals surface area (Å²) in [6, 6.07) is 19.1. The number of aryl methyl sites for hydroxylation is 1. The van der Waals surface area contributed by atoms with Crippen LogP contribution in [-0.4, -0.2) is 13.1 Å². The van der Waals surface area contributed by atoms with Crippen LogP contribution < -0.4 is 0 Å². The Morgan fingerprint density at radius 3 is 2.46 bits per heavy atom. The first kappa shape index (κ1) is 15.4. The molecule has 0 N–H and O–H groups in total. The zero-order valence-electron chi connectivity index (χ0n) is 14.4. The smallest absolute Gasteiger partial charge is 0.312 e. The molecule has 2 aromatic carbocycles. The minimum Gasteiger partial charge on any atom is -0.469 e. The van der Waals surface area contributed by atoms with Gasteiger partial charge < -0.3 is 4.74 Å². The molecule has 0 spiro atoms. The second-order valence-corrected chi connectivity index (χ2v) is 7.37.